The van der Waals surface area contributed by atoms with Gasteiger partial charge >= 0.3 is 7.25 Å². The van der Waals surface area contributed by atoms with Crippen molar-refractivity contribution in [2.75, 3.05) is 6.54 Å². The summed E-state index contributed by atoms with van der Waals surface area (Å²) < 4.78 is 39.0. The third-order valence-corrected chi connectivity index (χ3v) is 1.64. The molecule has 1 atom stereocenters. The Morgan fingerprint density at radius 2 is 1.71 bits per heavy atom. The number of halogens is 4. The van der Waals surface area contributed by atoms with Crippen molar-refractivity contribution in [2.45, 2.75) is 6.92 Å². The largest absolute Gasteiger partial charge is 0.673 e. The van der Waals surface area contributed by atoms with Gasteiger partial charge in [0, 0.05) is 24.5 Å². The molecular formula is C10H12BF4NO. The Labute approximate surface area is 97.1 Å². The zero-order chi connectivity index (χ0) is 13.3. The molecule has 0 saturated carbocycles. The van der Waals surface area contributed by atoms with E-state index in [0.29, 0.717) is 6.54 Å². The van der Waals surface area contributed by atoms with Gasteiger partial charge in [0.1, 0.15) is 5.56 Å². The molecule has 0 aliphatic carbocycles. The quantitative estimate of drug-likeness (QED) is 0.344. The van der Waals surface area contributed by atoms with Crippen molar-refractivity contribution in [3.63, 3.8) is 0 Å². The molecule has 1 aromatic carbocycles. The van der Waals surface area contributed by atoms with Crippen LogP contribution < -0.4 is 0 Å². The second kappa shape index (κ2) is 7.70. The highest BCUT2D eigenvalue weighted by Crippen LogP contribution is 2.10. The van der Waals surface area contributed by atoms with Crippen LogP contribution >= 0.6 is 0 Å². The predicted molar refractivity (Wildman–Crippen MR) is 59.9 cm³/mol. The predicted octanol–water partition coefficient (Wildman–Crippen LogP) is 3.94. The Morgan fingerprint density at radius 3 is 2.12 bits per heavy atom. The van der Waals surface area contributed by atoms with Crippen LogP contribution in [0.5, 0.6) is 0 Å². The average Bonchev–Trinajstić information content (AvgIpc) is 2.16. The lowest BCUT2D eigenvalue weighted by atomic mass is 10.0. The first-order valence-electron chi connectivity index (χ1n) is 4.89. The molecule has 17 heavy (non-hydrogen) atoms. The first-order chi connectivity index (χ1) is 7.83. The van der Waals surface area contributed by atoms with Crippen LogP contribution in [0.3, 0.4) is 0 Å². The summed E-state index contributed by atoms with van der Waals surface area (Å²) in [7, 11) is -6.00. The minimum absolute atomic E-state index is 0.227. The van der Waals surface area contributed by atoms with Gasteiger partial charge in [0.25, 0.3) is 0 Å². The van der Waals surface area contributed by atoms with Crippen molar-refractivity contribution < 1.29 is 17.3 Å². The van der Waals surface area contributed by atoms with E-state index in [9.17, 15) is 22.2 Å². The van der Waals surface area contributed by atoms with E-state index in [0.717, 1.165) is 5.56 Å². The standard InChI is InChI=1S/C10H12NO.BF4/c1-9(8-11-12)7-10-5-3-2-4-6-10;2-1(3,4)5/h2-7,9H,8H2,1H3;/q+1;-1. The maximum absolute atomic E-state index is 9.94. The monoisotopic (exact) mass is 249 g/mol. The molecule has 1 rings (SSSR count). The summed E-state index contributed by atoms with van der Waals surface area (Å²) in [4.78, 5) is 9.94. The molecule has 0 aliphatic heterocycles. The van der Waals surface area contributed by atoms with E-state index in [2.05, 4.69) is 5.18 Å². The molecule has 0 spiro atoms. The molecule has 7 heteroatoms. The maximum atomic E-state index is 9.94. The van der Waals surface area contributed by atoms with Gasteiger partial charge in [-0.15, -0.1) is 0 Å². The second-order valence-electron chi connectivity index (χ2n) is 3.36. The summed E-state index contributed by atoms with van der Waals surface area (Å²) in [6.45, 7) is 2.34. The minimum Gasteiger partial charge on any atom is -0.418 e. The Balaban J connectivity index is 0.000000437. The van der Waals surface area contributed by atoms with Crippen LogP contribution in [-0.4, -0.2) is 13.8 Å². The highest BCUT2D eigenvalue weighted by atomic mass is 19.5. The van der Waals surface area contributed by atoms with Gasteiger partial charge in [-0.2, -0.15) is 4.91 Å². The molecule has 0 fully saturated rings. The number of hydrogen-bond acceptors (Lipinski definition) is 2. The fourth-order valence-electron chi connectivity index (χ4n) is 1.06. The van der Waals surface area contributed by atoms with Gasteiger partial charge in [-0.05, 0) is 25.1 Å². The van der Waals surface area contributed by atoms with Gasteiger partial charge in [0.15, 0.2) is 0 Å². The van der Waals surface area contributed by atoms with Crippen LogP contribution in [0.15, 0.2) is 35.5 Å². The summed E-state index contributed by atoms with van der Waals surface area (Å²) in [6, 6.07) is 9.96. The Kier molecular flexibility index (Phi) is 7.01. The smallest absolute Gasteiger partial charge is 0.418 e. The zero-order valence-corrected chi connectivity index (χ0v) is 9.19. The van der Waals surface area contributed by atoms with Gasteiger partial charge < -0.3 is 17.3 Å². The van der Waals surface area contributed by atoms with E-state index in [1.165, 1.54) is 0 Å². The van der Waals surface area contributed by atoms with Crippen molar-refractivity contribution in [2.24, 2.45) is 11.1 Å². The lowest BCUT2D eigenvalue weighted by Gasteiger charge is -1.98. The van der Waals surface area contributed by atoms with E-state index in [1.54, 1.807) is 0 Å². The average molecular weight is 249 g/mol. The molecule has 1 unspecified atom stereocenters. The SMILES string of the molecule is CC([CH+]c1ccccc1)CN=O.F[B-](F)(F)F. The lowest BCUT2D eigenvalue weighted by Crippen LogP contribution is -2.02. The van der Waals surface area contributed by atoms with Gasteiger partial charge in [-0.25, -0.2) is 0 Å². The molecule has 0 radical (unpaired) electrons. The lowest BCUT2D eigenvalue weighted by molar-refractivity contribution is 0.368. The van der Waals surface area contributed by atoms with Crippen molar-refractivity contribution in [1.82, 2.24) is 0 Å². The first kappa shape index (κ1) is 15.5. The van der Waals surface area contributed by atoms with E-state index in [1.807, 2.05) is 43.7 Å². The molecule has 2 nitrogen and oxygen atoms in total. The van der Waals surface area contributed by atoms with Gasteiger partial charge in [-0.3, -0.25) is 0 Å². The van der Waals surface area contributed by atoms with E-state index in [4.69, 9.17) is 0 Å². The molecular weight excluding hydrogens is 237 g/mol. The van der Waals surface area contributed by atoms with Crippen LogP contribution in [0.25, 0.3) is 0 Å². The fraction of sp³-hybridized carbons (Fsp3) is 0.300. The molecule has 0 bridgehead atoms. The maximum Gasteiger partial charge on any atom is 0.673 e. The van der Waals surface area contributed by atoms with Gasteiger partial charge in [-0.1, -0.05) is 5.18 Å². The van der Waals surface area contributed by atoms with Crippen molar-refractivity contribution in [3.05, 3.63) is 47.2 Å². The van der Waals surface area contributed by atoms with Crippen molar-refractivity contribution in [3.8, 4) is 0 Å². The topological polar surface area (TPSA) is 29.4 Å². The molecule has 0 heterocycles. The molecule has 0 saturated heterocycles. The van der Waals surface area contributed by atoms with E-state index in [-0.39, 0.29) is 5.92 Å². The van der Waals surface area contributed by atoms with Gasteiger partial charge in [0.2, 0.25) is 0 Å². The molecule has 1 aromatic rings. The van der Waals surface area contributed by atoms with Crippen molar-refractivity contribution in [1.29, 1.82) is 0 Å². The number of hydrogen-bond donors (Lipinski definition) is 0. The Hall–Kier alpha value is -1.53. The van der Waals surface area contributed by atoms with Crippen LogP contribution in [0.2, 0.25) is 0 Å². The Morgan fingerprint density at radius 1 is 1.24 bits per heavy atom. The summed E-state index contributed by atoms with van der Waals surface area (Å²) in [6.07, 6.45) is 2.04. The van der Waals surface area contributed by atoms with Crippen molar-refractivity contribution >= 4 is 7.25 Å². The number of rotatable bonds is 4. The highest BCUT2D eigenvalue weighted by molar-refractivity contribution is 6.50. The summed E-state index contributed by atoms with van der Waals surface area (Å²) >= 11 is 0. The highest BCUT2D eigenvalue weighted by Gasteiger charge is 2.20. The summed E-state index contributed by atoms with van der Waals surface area (Å²) in [5.74, 6) is 0.227. The third-order valence-electron chi connectivity index (χ3n) is 1.64. The number of nitrogens with zero attached hydrogens (tertiary/aromatic N) is 1. The van der Waals surface area contributed by atoms with Crippen LogP contribution in [0.1, 0.15) is 12.5 Å². The van der Waals surface area contributed by atoms with Crippen LogP contribution in [-0.2, 0) is 0 Å². The molecule has 0 N–H and O–H groups in total. The van der Waals surface area contributed by atoms with E-state index >= 15 is 0 Å². The molecule has 0 aliphatic rings. The third kappa shape index (κ3) is 12.4. The van der Waals surface area contributed by atoms with Crippen LogP contribution in [0, 0.1) is 17.2 Å². The van der Waals surface area contributed by atoms with Gasteiger partial charge in [0.05, 0.1) is 6.54 Å². The normalized spacial score (nSPS) is 12.1. The molecule has 0 amide bonds. The van der Waals surface area contributed by atoms with E-state index < -0.39 is 7.25 Å². The molecule has 94 valence electrons. The summed E-state index contributed by atoms with van der Waals surface area (Å²) in [5, 5.41) is 2.85. The molecule has 0 aromatic heterocycles. The number of benzene rings is 1. The minimum atomic E-state index is -6.00. The number of nitroso groups, excluding NO2 is 1. The van der Waals surface area contributed by atoms with Crippen LogP contribution in [0.4, 0.5) is 17.3 Å². The zero-order valence-electron chi connectivity index (χ0n) is 9.19. The second-order valence-corrected chi connectivity index (χ2v) is 3.36. The Bertz CT molecular complexity index is 312. The first-order valence-corrected chi connectivity index (χ1v) is 4.89. The summed E-state index contributed by atoms with van der Waals surface area (Å²) in [5.41, 5.74) is 1.15. The fourth-order valence-corrected chi connectivity index (χ4v) is 1.06.